The first-order chi connectivity index (χ1) is 8.99. The minimum atomic E-state index is 0.00824. The van der Waals surface area contributed by atoms with Gasteiger partial charge in [0.25, 0.3) is 0 Å². The molecule has 2 N–H and O–H groups in total. The normalized spacial score (nSPS) is 11.3. The molecule has 2 rings (SSSR count). The van der Waals surface area contributed by atoms with Crippen LogP contribution in [0.4, 0.5) is 5.69 Å². The molecule has 6 heteroatoms. The van der Waals surface area contributed by atoms with E-state index < -0.39 is 0 Å². The van der Waals surface area contributed by atoms with Crippen molar-refractivity contribution in [2.24, 2.45) is 0 Å². The van der Waals surface area contributed by atoms with Crippen LogP contribution in [0.2, 0.25) is 0 Å². The number of anilines is 1. The van der Waals surface area contributed by atoms with Gasteiger partial charge in [0.1, 0.15) is 12.0 Å². The van der Waals surface area contributed by atoms with Crippen LogP contribution in [-0.4, -0.2) is 25.9 Å². The molecule has 2 heterocycles. The first kappa shape index (κ1) is 13.3. The van der Waals surface area contributed by atoms with Gasteiger partial charge in [-0.2, -0.15) is 10.1 Å². The van der Waals surface area contributed by atoms with E-state index in [9.17, 15) is 0 Å². The van der Waals surface area contributed by atoms with Crippen molar-refractivity contribution in [1.82, 2.24) is 19.7 Å². The lowest BCUT2D eigenvalue weighted by atomic mass is 10.1. The molecule has 0 bridgehead atoms. The molecular formula is C13H19N5O. The first-order valence-electron chi connectivity index (χ1n) is 6.32. The summed E-state index contributed by atoms with van der Waals surface area (Å²) in [5.74, 6) is 1.29. The van der Waals surface area contributed by atoms with Gasteiger partial charge in [-0.3, -0.25) is 0 Å². The Morgan fingerprint density at radius 2 is 1.95 bits per heavy atom. The second-order valence-electron chi connectivity index (χ2n) is 4.92. The lowest BCUT2D eigenvalue weighted by Crippen LogP contribution is -2.12. The molecule has 0 amide bonds. The topological polar surface area (TPSA) is 78.9 Å². The fraction of sp³-hybridized carbons (Fsp3) is 0.462. The number of rotatable bonds is 4. The Bertz CT molecular complexity index is 562. The van der Waals surface area contributed by atoms with Crippen molar-refractivity contribution in [3.8, 4) is 11.7 Å². The molecule has 0 fully saturated rings. The molecule has 0 aromatic carbocycles. The molecule has 2 aromatic rings. The van der Waals surface area contributed by atoms with Crippen molar-refractivity contribution in [3.05, 3.63) is 24.3 Å². The third kappa shape index (κ3) is 2.83. The van der Waals surface area contributed by atoms with Crippen LogP contribution in [0, 0.1) is 0 Å². The first-order valence-corrected chi connectivity index (χ1v) is 6.32. The lowest BCUT2D eigenvalue weighted by Gasteiger charge is -2.12. The van der Waals surface area contributed by atoms with Crippen molar-refractivity contribution in [2.45, 2.75) is 39.7 Å². The molecular weight excluding hydrogens is 242 g/mol. The summed E-state index contributed by atoms with van der Waals surface area (Å²) in [4.78, 5) is 8.22. The minimum Gasteiger partial charge on any atom is -0.473 e. The monoisotopic (exact) mass is 261 g/mol. The Labute approximate surface area is 112 Å². The molecule has 0 saturated carbocycles. The van der Waals surface area contributed by atoms with E-state index in [-0.39, 0.29) is 6.10 Å². The zero-order valence-corrected chi connectivity index (χ0v) is 11.7. The van der Waals surface area contributed by atoms with Crippen LogP contribution in [0.3, 0.4) is 0 Å². The van der Waals surface area contributed by atoms with Crippen LogP contribution in [0.15, 0.2) is 18.6 Å². The fourth-order valence-electron chi connectivity index (χ4n) is 1.63. The smallest absolute Gasteiger partial charge is 0.242 e. The largest absolute Gasteiger partial charge is 0.473 e. The molecule has 0 saturated heterocycles. The molecule has 0 unspecified atom stereocenters. The van der Waals surface area contributed by atoms with Crippen LogP contribution in [0.1, 0.15) is 39.3 Å². The van der Waals surface area contributed by atoms with Gasteiger partial charge < -0.3 is 10.5 Å². The van der Waals surface area contributed by atoms with E-state index in [1.165, 1.54) is 6.33 Å². The van der Waals surface area contributed by atoms with E-state index in [4.69, 9.17) is 10.5 Å². The number of nitrogens with zero attached hydrogens (tertiary/aromatic N) is 4. The second kappa shape index (κ2) is 5.26. The quantitative estimate of drug-likeness (QED) is 0.912. The van der Waals surface area contributed by atoms with Crippen molar-refractivity contribution >= 4 is 5.69 Å². The van der Waals surface area contributed by atoms with E-state index in [1.54, 1.807) is 4.68 Å². The average Bonchev–Trinajstić information content (AvgIpc) is 2.80. The highest BCUT2D eigenvalue weighted by molar-refractivity contribution is 5.59. The molecule has 19 heavy (non-hydrogen) atoms. The van der Waals surface area contributed by atoms with Crippen molar-refractivity contribution in [1.29, 1.82) is 0 Å². The van der Waals surface area contributed by atoms with Gasteiger partial charge in [0.05, 0.1) is 11.8 Å². The fourth-order valence-corrected chi connectivity index (χ4v) is 1.63. The third-order valence-electron chi connectivity index (χ3n) is 2.59. The van der Waals surface area contributed by atoms with E-state index in [0.717, 1.165) is 5.69 Å². The van der Waals surface area contributed by atoms with Gasteiger partial charge in [-0.25, -0.2) is 9.67 Å². The summed E-state index contributed by atoms with van der Waals surface area (Å²) in [6.07, 6.45) is 3.28. The summed E-state index contributed by atoms with van der Waals surface area (Å²) >= 11 is 0. The molecule has 0 aliphatic heterocycles. The summed E-state index contributed by atoms with van der Waals surface area (Å²) in [6.45, 7) is 8.02. The molecule has 102 valence electrons. The average molecular weight is 261 g/mol. The van der Waals surface area contributed by atoms with Crippen molar-refractivity contribution in [2.75, 3.05) is 5.73 Å². The predicted molar refractivity (Wildman–Crippen MR) is 73.4 cm³/mol. The number of nitrogen functional groups attached to an aromatic ring is 1. The molecule has 0 radical (unpaired) electrons. The van der Waals surface area contributed by atoms with Crippen LogP contribution in [-0.2, 0) is 0 Å². The summed E-state index contributed by atoms with van der Waals surface area (Å²) in [5.41, 5.74) is 7.43. The Morgan fingerprint density at radius 1 is 1.21 bits per heavy atom. The predicted octanol–water partition coefficient (Wildman–Crippen LogP) is 2.16. The van der Waals surface area contributed by atoms with Crippen LogP contribution in [0.25, 0.3) is 5.82 Å². The Hall–Kier alpha value is -2.11. The maximum atomic E-state index is 6.04. The number of hydrogen-bond acceptors (Lipinski definition) is 5. The van der Waals surface area contributed by atoms with Gasteiger partial charge in [-0.15, -0.1) is 0 Å². The Balaban J connectivity index is 2.38. The van der Waals surface area contributed by atoms with Gasteiger partial charge in [0.15, 0.2) is 5.82 Å². The molecule has 0 atom stereocenters. The van der Waals surface area contributed by atoms with E-state index in [1.807, 2.05) is 26.1 Å². The molecule has 0 aliphatic rings. The number of nitrogens with two attached hydrogens (primary N) is 1. The standard InChI is InChI=1S/C13H19N5O/c1-8(2)10-5-6-18(17-10)12-11(14)13(16-7-15-12)19-9(3)4/h5-9H,14H2,1-4H3. The maximum absolute atomic E-state index is 6.04. The van der Waals surface area contributed by atoms with Crippen LogP contribution >= 0.6 is 0 Å². The summed E-state index contributed by atoms with van der Waals surface area (Å²) in [6, 6.07) is 1.95. The van der Waals surface area contributed by atoms with E-state index in [2.05, 4.69) is 28.9 Å². The van der Waals surface area contributed by atoms with Gasteiger partial charge in [0.2, 0.25) is 5.88 Å². The summed E-state index contributed by atoms with van der Waals surface area (Å²) in [5, 5.41) is 4.45. The highest BCUT2D eigenvalue weighted by Crippen LogP contribution is 2.24. The van der Waals surface area contributed by atoms with Gasteiger partial charge in [0, 0.05) is 6.20 Å². The van der Waals surface area contributed by atoms with Gasteiger partial charge in [-0.05, 0) is 25.8 Å². The molecule has 0 aliphatic carbocycles. The summed E-state index contributed by atoms with van der Waals surface area (Å²) < 4.78 is 7.20. The Kier molecular flexibility index (Phi) is 3.69. The van der Waals surface area contributed by atoms with E-state index in [0.29, 0.717) is 23.3 Å². The lowest BCUT2D eigenvalue weighted by molar-refractivity contribution is 0.233. The molecule has 6 nitrogen and oxygen atoms in total. The SMILES string of the molecule is CC(C)Oc1ncnc(-n2ccc(C(C)C)n2)c1N. The second-order valence-corrected chi connectivity index (χ2v) is 4.92. The van der Waals surface area contributed by atoms with Gasteiger partial charge in [-0.1, -0.05) is 13.8 Å². The molecule has 2 aromatic heterocycles. The Morgan fingerprint density at radius 3 is 2.53 bits per heavy atom. The van der Waals surface area contributed by atoms with Crippen molar-refractivity contribution in [3.63, 3.8) is 0 Å². The number of aromatic nitrogens is 4. The number of hydrogen-bond donors (Lipinski definition) is 1. The number of ether oxygens (including phenoxy) is 1. The zero-order valence-electron chi connectivity index (χ0n) is 11.7. The highest BCUT2D eigenvalue weighted by atomic mass is 16.5. The van der Waals surface area contributed by atoms with E-state index >= 15 is 0 Å². The minimum absolute atomic E-state index is 0.00824. The maximum Gasteiger partial charge on any atom is 0.242 e. The van der Waals surface area contributed by atoms with Crippen LogP contribution < -0.4 is 10.5 Å². The van der Waals surface area contributed by atoms with Gasteiger partial charge >= 0.3 is 0 Å². The molecule has 0 spiro atoms. The third-order valence-corrected chi connectivity index (χ3v) is 2.59. The van der Waals surface area contributed by atoms with Crippen molar-refractivity contribution < 1.29 is 4.74 Å². The summed E-state index contributed by atoms with van der Waals surface area (Å²) in [7, 11) is 0. The van der Waals surface area contributed by atoms with Crippen LogP contribution in [0.5, 0.6) is 5.88 Å². The highest BCUT2D eigenvalue weighted by Gasteiger charge is 2.14. The zero-order chi connectivity index (χ0) is 14.0.